The standard InChI is InChI=1S/C20H14ClN5O/c21-15-9-13(26-20-19-16(6-8-23-19)24-11-25-20)2-4-18(15)27-14-3-1-12-5-7-22-17(12)10-14/h1-11,22-23H,(H,24,25,26). The van der Waals surface area contributed by atoms with Crippen molar-refractivity contribution >= 4 is 45.0 Å². The summed E-state index contributed by atoms with van der Waals surface area (Å²) in [6, 6.07) is 15.3. The number of halogens is 1. The second-order valence-corrected chi connectivity index (χ2v) is 6.47. The van der Waals surface area contributed by atoms with Gasteiger partial charge in [-0.2, -0.15) is 0 Å². The van der Waals surface area contributed by atoms with Gasteiger partial charge < -0.3 is 20.0 Å². The number of nitrogens with one attached hydrogen (secondary N) is 3. The maximum atomic E-state index is 6.43. The molecule has 0 bridgehead atoms. The Bertz CT molecular complexity index is 1260. The predicted octanol–water partition coefficient (Wildman–Crippen LogP) is 5.63. The third-order valence-electron chi connectivity index (χ3n) is 4.29. The van der Waals surface area contributed by atoms with E-state index in [2.05, 4.69) is 25.3 Å². The first-order valence-corrected chi connectivity index (χ1v) is 8.74. The van der Waals surface area contributed by atoms with Crippen molar-refractivity contribution in [1.82, 2.24) is 19.9 Å². The predicted molar refractivity (Wildman–Crippen MR) is 107 cm³/mol. The van der Waals surface area contributed by atoms with Crippen LogP contribution in [0, 0.1) is 0 Å². The van der Waals surface area contributed by atoms with Gasteiger partial charge in [-0.25, -0.2) is 9.97 Å². The number of nitrogens with zero attached hydrogens (tertiary/aromatic N) is 2. The van der Waals surface area contributed by atoms with Crippen molar-refractivity contribution in [2.24, 2.45) is 0 Å². The molecule has 132 valence electrons. The second-order valence-electron chi connectivity index (χ2n) is 6.06. The molecule has 3 heterocycles. The minimum atomic E-state index is 0.503. The number of fused-ring (bicyclic) bond motifs is 2. The van der Waals surface area contributed by atoms with Gasteiger partial charge in [0.2, 0.25) is 0 Å². The van der Waals surface area contributed by atoms with E-state index in [1.165, 1.54) is 6.33 Å². The van der Waals surface area contributed by atoms with Gasteiger partial charge in [-0.1, -0.05) is 11.6 Å². The maximum absolute atomic E-state index is 6.43. The zero-order valence-electron chi connectivity index (χ0n) is 14.0. The van der Waals surface area contributed by atoms with E-state index < -0.39 is 0 Å². The van der Waals surface area contributed by atoms with E-state index in [0.29, 0.717) is 16.6 Å². The highest BCUT2D eigenvalue weighted by Gasteiger charge is 2.09. The number of aromatic amines is 2. The number of hydrogen-bond acceptors (Lipinski definition) is 4. The first-order chi connectivity index (χ1) is 13.3. The molecule has 0 amide bonds. The molecule has 6 nitrogen and oxygen atoms in total. The van der Waals surface area contributed by atoms with Gasteiger partial charge in [0.15, 0.2) is 5.82 Å². The highest BCUT2D eigenvalue weighted by molar-refractivity contribution is 6.32. The zero-order valence-corrected chi connectivity index (χ0v) is 14.8. The first kappa shape index (κ1) is 15.7. The van der Waals surface area contributed by atoms with Crippen LogP contribution in [0.1, 0.15) is 0 Å². The zero-order chi connectivity index (χ0) is 18.2. The number of benzene rings is 2. The van der Waals surface area contributed by atoms with Gasteiger partial charge in [0.25, 0.3) is 0 Å². The molecule has 3 aromatic heterocycles. The van der Waals surface area contributed by atoms with E-state index in [1.807, 2.05) is 54.9 Å². The van der Waals surface area contributed by atoms with Gasteiger partial charge in [0.05, 0.1) is 10.5 Å². The Kier molecular flexibility index (Phi) is 3.69. The van der Waals surface area contributed by atoms with Crippen molar-refractivity contribution in [3.8, 4) is 11.5 Å². The molecule has 27 heavy (non-hydrogen) atoms. The van der Waals surface area contributed by atoms with Crippen LogP contribution in [0.4, 0.5) is 11.5 Å². The van der Waals surface area contributed by atoms with E-state index >= 15 is 0 Å². The summed E-state index contributed by atoms with van der Waals surface area (Å²) in [7, 11) is 0. The lowest BCUT2D eigenvalue weighted by molar-refractivity contribution is 0.483. The molecule has 0 unspecified atom stereocenters. The molecule has 0 aliphatic heterocycles. The lowest BCUT2D eigenvalue weighted by Crippen LogP contribution is -1.96. The fraction of sp³-hybridized carbons (Fsp3) is 0. The molecule has 0 aliphatic carbocycles. The highest BCUT2D eigenvalue weighted by atomic mass is 35.5. The highest BCUT2D eigenvalue weighted by Crippen LogP contribution is 2.33. The van der Waals surface area contributed by atoms with Crippen LogP contribution in [0.25, 0.3) is 21.9 Å². The Morgan fingerprint density at radius 2 is 1.85 bits per heavy atom. The Labute approximate surface area is 159 Å². The number of aromatic nitrogens is 4. The molecule has 0 saturated carbocycles. The van der Waals surface area contributed by atoms with Crippen molar-refractivity contribution in [2.45, 2.75) is 0 Å². The topological polar surface area (TPSA) is 78.6 Å². The largest absolute Gasteiger partial charge is 0.456 e. The summed E-state index contributed by atoms with van der Waals surface area (Å²) in [5.74, 6) is 1.99. The number of hydrogen-bond donors (Lipinski definition) is 3. The third kappa shape index (κ3) is 2.96. The van der Waals surface area contributed by atoms with Crippen LogP contribution in [-0.4, -0.2) is 19.9 Å². The summed E-state index contributed by atoms with van der Waals surface area (Å²) in [5.41, 5.74) is 3.51. The van der Waals surface area contributed by atoms with Crippen molar-refractivity contribution < 1.29 is 4.74 Å². The Balaban J connectivity index is 1.40. The average Bonchev–Trinajstić information content (AvgIpc) is 3.33. The van der Waals surface area contributed by atoms with E-state index in [-0.39, 0.29) is 0 Å². The summed E-state index contributed by atoms with van der Waals surface area (Å²) < 4.78 is 5.94. The van der Waals surface area contributed by atoms with Crippen LogP contribution >= 0.6 is 11.6 Å². The number of ether oxygens (including phenoxy) is 1. The van der Waals surface area contributed by atoms with Gasteiger partial charge in [-0.3, -0.25) is 0 Å². The van der Waals surface area contributed by atoms with Crippen LogP contribution in [0.5, 0.6) is 11.5 Å². The lowest BCUT2D eigenvalue weighted by Gasteiger charge is -2.11. The minimum Gasteiger partial charge on any atom is -0.456 e. The third-order valence-corrected chi connectivity index (χ3v) is 4.59. The molecule has 7 heteroatoms. The van der Waals surface area contributed by atoms with Gasteiger partial charge >= 0.3 is 0 Å². The molecule has 0 saturated heterocycles. The first-order valence-electron chi connectivity index (χ1n) is 8.36. The molecule has 0 fully saturated rings. The van der Waals surface area contributed by atoms with Crippen LogP contribution in [-0.2, 0) is 0 Å². The summed E-state index contributed by atoms with van der Waals surface area (Å²) >= 11 is 6.43. The van der Waals surface area contributed by atoms with E-state index in [1.54, 1.807) is 6.07 Å². The fourth-order valence-electron chi connectivity index (χ4n) is 2.98. The average molecular weight is 376 g/mol. The Morgan fingerprint density at radius 3 is 2.78 bits per heavy atom. The molecule has 3 N–H and O–H groups in total. The van der Waals surface area contributed by atoms with Gasteiger partial charge in [-0.15, -0.1) is 0 Å². The molecule has 5 aromatic rings. The Morgan fingerprint density at radius 1 is 0.926 bits per heavy atom. The molecular formula is C20H14ClN5O. The summed E-state index contributed by atoms with van der Waals surface area (Å²) in [6.45, 7) is 0. The fourth-order valence-corrected chi connectivity index (χ4v) is 3.20. The van der Waals surface area contributed by atoms with Crippen LogP contribution in [0.3, 0.4) is 0 Å². The normalized spacial score (nSPS) is 11.1. The van der Waals surface area contributed by atoms with Gasteiger partial charge in [0.1, 0.15) is 23.3 Å². The molecule has 5 rings (SSSR count). The van der Waals surface area contributed by atoms with E-state index in [9.17, 15) is 0 Å². The summed E-state index contributed by atoms with van der Waals surface area (Å²) in [4.78, 5) is 14.8. The number of anilines is 2. The Hall–Kier alpha value is -3.51. The quantitative estimate of drug-likeness (QED) is 0.380. The summed E-state index contributed by atoms with van der Waals surface area (Å²) in [5, 5.41) is 4.89. The molecule has 0 radical (unpaired) electrons. The van der Waals surface area contributed by atoms with Crippen LogP contribution < -0.4 is 10.1 Å². The second kappa shape index (κ2) is 6.34. The maximum Gasteiger partial charge on any atom is 0.158 e. The van der Waals surface area contributed by atoms with Crippen LogP contribution in [0.2, 0.25) is 5.02 Å². The smallest absolute Gasteiger partial charge is 0.158 e. The molecule has 0 spiro atoms. The molecular weight excluding hydrogens is 362 g/mol. The van der Waals surface area contributed by atoms with Crippen molar-refractivity contribution in [2.75, 3.05) is 5.32 Å². The van der Waals surface area contributed by atoms with Crippen molar-refractivity contribution in [3.63, 3.8) is 0 Å². The monoisotopic (exact) mass is 375 g/mol. The number of rotatable bonds is 4. The summed E-state index contributed by atoms with van der Waals surface area (Å²) in [6.07, 6.45) is 5.25. The molecule has 0 atom stereocenters. The lowest BCUT2D eigenvalue weighted by atomic mass is 10.2. The van der Waals surface area contributed by atoms with Gasteiger partial charge in [-0.05, 0) is 47.9 Å². The number of H-pyrrole nitrogens is 2. The van der Waals surface area contributed by atoms with E-state index in [0.717, 1.165) is 33.4 Å². The van der Waals surface area contributed by atoms with E-state index in [4.69, 9.17) is 16.3 Å². The van der Waals surface area contributed by atoms with Crippen LogP contribution in [0.15, 0.2) is 67.3 Å². The molecule has 0 aliphatic rings. The van der Waals surface area contributed by atoms with Crippen molar-refractivity contribution in [1.29, 1.82) is 0 Å². The SMILES string of the molecule is Clc1cc(Nc2ncnc3cc[nH]c23)ccc1Oc1ccc2cc[nH]c2c1. The van der Waals surface area contributed by atoms with Gasteiger partial charge in [0, 0.05) is 29.7 Å². The van der Waals surface area contributed by atoms with Crippen molar-refractivity contribution in [3.05, 3.63) is 72.3 Å². The molecule has 2 aromatic carbocycles. The minimum absolute atomic E-state index is 0.503.